The molecule has 1 atom stereocenters. The van der Waals surface area contributed by atoms with E-state index >= 15 is 0 Å². The first-order chi connectivity index (χ1) is 10.9. The fourth-order valence-corrected chi connectivity index (χ4v) is 5.81. The average Bonchev–Trinajstić information content (AvgIpc) is 2.55. The van der Waals surface area contributed by atoms with Crippen LogP contribution in [0.5, 0.6) is 0 Å². The normalized spacial score (nSPS) is 19.7. The topological polar surface area (TPSA) is 54.5 Å². The van der Waals surface area contributed by atoms with E-state index in [1.165, 1.54) is 9.29 Å². The molecule has 0 saturated carbocycles. The van der Waals surface area contributed by atoms with Crippen molar-refractivity contribution in [2.45, 2.75) is 16.7 Å². The van der Waals surface area contributed by atoms with Gasteiger partial charge in [-0.1, -0.05) is 45.8 Å². The van der Waals surface area contributed by atoms with Gasteiger partial charge in [0.25, 0.3) is 10.0 Å². The minimum Gasteiger partial charge on any atom is -0.260 e. The first-order valence-electron chi connectivity index (χ1n) is 6.84. The lowest BCUT2D eigenvalue weighted by Crippen LogP contribution is -2.37. The summed E-state index contributed by atoms with van der Waals surface area (Å²) >= 11 is 3.19. The highest BCUT2D eigenvalue weighted by atomic mass is 79.9. The standard InChI is InChI=1S/C16H14BrNO3S2/c1-12-6-8-14(9-7-12)23(20,21)18-11-13(10-17)22(19)16-5-3-2-4-15(16)18/h2-10H,11H2,1H3/b13-10+/t22-/m0/s1. The maximum atomic E-state index is 13.0. The Bertz CT molecular complexity index is 905. The predicted octanol–water partition coefficient (Wildman–Crippen LogP) is 3.55. The summed E-state index contributed by atoms with van der Waals surface area (Å²) in [5.41, 5.74) is 1.45. The Labute approximate surface area is 146 Å². The summed E-state index contributed by atoms with van der Waals surface area (Å²) in [5, 5.41) is 0. The molecule has 23 heavy (non-hydrogen) atoms. The van der Waals surface area contributed by atoms with Crippen LogP contribution in [0.1, 0.15) is 5.56 Å². The fraction of sp³-hybridized carbons (Fsp3) is 0.125. The molecule has 0 radical (unpaired) electrons. The molecule has 0 unspecified atom stereocenters. The van der Waals surface area contributed by atoms with Gasteiger partial charge in [0.1, 0.15) is 0 Å². The van der Waals surface area contributed by atoms with Gasteiger partial charge in [-0.15, -0.1) is 0 Å². The maximum absolute atomic E-state index is 13.0. The van der Waals surface area contributed by atoms with Crippen molar-refractivity contribution in [2.75, 3.05) is 10.8 Å². The predicted molar refractivity (Wildman–Crippen MR) is 95.6 cm³/mol. The van der Waals surface area contributed by atoms with Gasteiger partial charge in [-0.3, -0.25) is 4.31 Å². The second-order valence-corrected chi connectivity index (χ2v) is 8.96. The van der Waals surface area contributed by atoms with Gasteiger partial charge in [-0.05, 0) is 36.2 Å². The zero-order valence-corrected chi connectivity index (χ0v) is 15.5. The van der Waals surface area contributed by atoms with E-state index in [1.54, 1.807) is 48.5 Å². The molecular formula is C16H14BrNO3S2. The summed E-state index contributed by atoms with van der Waals surface area (Å²) in [6.07, 6.45) is 0. The number of hydrogen-bond acceptors (Lipinski definition) is 3. The third kappa shape index (κ3) is 2.88. The van der Waals surface area contributed by atoms with E-state index in [-0.39, 0.29) is 11.4 Å². The lowest BCUT2D eigenvalue weighted by molar-refractivity contribution is 0.592. The lowest BCUT2D eigenvalue weighted by Gasteiger charge is -2.31. The van der Waals surface area contributed by atoms with Crippen molar-refractivity contribution < 1.29 is 12.6 Å². The summed E-state index contributed by atoms with van der Waals surface area (Å²) in [7, 11) is -5.08. The molecule has 2 aromatic rings. The van der Waals surface area contributed by atoms with Crippen LogP contribution in [0.4, 0.5) is 5.69 Å². The molecule has 0 fully saturated rings. The second kappa shape index (κ2) is 6.22. The molecule has 0 bridgehead atoms. The Morgan fingerprint density at radius 1 is 1.13 bits per heavy atom. The van der Waals surface area contributed by atoms with E-state index in [4.69, 9.17) is 0 Å². The lowest BCUT2D eigenvalue weighted by atomic mass is 10.2. The number of fused-ring (bicyclic) bond motifs is 1. The van der Waals surface area contributed by atoms with E-state index in [0.717, 1.165) is 5.56 Å². The number of benzene rings is 2. The number of nitrogens with zero attached hydrogens (tertiary/aromatic N) is 1. The summed E-state index contributed by atoms with van der Waals surface area (Å²) in [6, 6.07) is 13.6. The average molecular weight is 412 g/mol. The van der Waals surface area contributed by atoms with Crippen molar-refractivity contribution in [2.24, 2.45) is 0 Å². The third-order valence-electron chi connectivity index (χ3n) is 3.60. The molecule has 1 aliphatic heterocycles. The molecule has 1 heterocycles. The highest BCUT2D eigenvalue weighted by Crippen LogP contribution is 2.36. The highest BCUT2D eigenvalue weighted by Gasteiger charge is 2.34. The largest absolute Gasteiger partial charge is 0.264 e. The fourth-order valence-electron chi connectivity index (χ4n) is 2.37. The van der Waals surface area contributed by atoms with Gasteiger partial charge in [0.05, 0.1) is 32.8 Å². The molecule has 3 rings (SSSR count). The van der Waals surface area contributed by atoms with Crippen LogP contribution < -0.4 is 4.31 Å². The van der Waals surface area contributed by atoms with E-state index in [1.807, 2.05) is 6.92 Å². The number of aryl methyl sites for hydroxylation is 1. The Balaban J connectivity index is 2.17. The number of sulfonamides is 1. The number of rotatable bonds is 2. The zero-order chi connectivity index (χ0) is 16.6. The molecule has 0 amide bonds. The van der Waals surface area contributed by atoms with E-state index in [0.29, 0.717) is 15.5 Å². The van der Waals surface area contributed by atoms with E-state index in [2.05, 4.69) is 15.9 Å². The van der Waals surface area contributed by atoms with E-state index < -0.39 is 20.8 Å². The van der Waals surface area contributed by atoms with E-state index in [9.17, 15) is 12.6 Å². The van der Waals surface area contributed by atoms with Crippen LogP contribution in [0.2, 0.25) is 0 Å². The molecule has 0 aliphatic carbocycles. The Kier molecular flexibility index (Phi) is 4.44. The first kappa shape index (κ1) is 16.4. The van der Waals surface area contributed by atoms with Crippen molar-refractivity contribution in [3.05, 3.63) is 64.0 Å². The molecule has 7 heteroatoms. The smallest absolute Gasteiger partial charge is 0.260 e. The van der Waals surface area contributed by atoms with Gasteiger partial charge in [-0.2, -0.15) is 0 Å². The molecule has 2 aromatic carbocycles. The molecule has 1 aliphatic rings. The monoisotopic (exact) mass is 411 g/mol. The van der Waals surface area contributed by atoms with Crippen LogP contribution in [-0.4, -0.2) is 19.2 Å². The molecule has 0 N–H and O–H groups in total. The van der Waals surface area contributed by atoms with Crippen LogP contribution in [0.3, 0.4) is 0 Å². The maximum Gasteiger partial charge on any atom is 0.264 e. The molecule has 4 nitrogen and oxygen atoms in total. The Morgan fingerprint density at radius 2 is 1.78 bits per heavy atom. The quantitative estimate of drug-likeness (QED) is 0.758. The molecular weight excluding hydrogens is 398 g/mol. The second-order valence-electron chi connectivity index (χ2n) is 5.14. The number of anilines is 1. The number of halogens is 1. The van der Waals surface area contributed by atoms with Crippen LogP contribution in [-0.2, 0) is 20.8 Å². The molecule has 0 saturated heterocycles. The van der Waals surface area contributed by atoms with Gasteiger partial charge >= 0.3 is 0 Å². The Hall–Kier alpha value is -1.44. The molecule has 0 spiro atoms. The minimum atomic E-state index is -3.72. The summed E-state index contributed by atoms with van der Waals surface area (Å²) < 4.78 is 39.8. The Morgan fingerprint density at radius 3 is 2.43 bits per heavy atom. The number of hydrogen-bond donors (Lipinski definition) is 0. The SMILES string of the molecule is Cc1ccc(S(=O)(=O)N2C/C(=C\Br)[S@](=O)c3ccccc32)cc1. The van der Waals surface area contributed by atoms with Crippen molar-refractivity contribution >= 4 is 42.4 Å². The summed E-state index contributed by atoms with van der Waals surface area (Å²) in [6.45, 7) is 1.96. The van der Waals surface area contributed by atoms with Crippen molar-refractivity contribution in [3.63, 3.8) is 0 Å². The highest BCUT2D eigenvalue weighted by molar-refractivity contribution is 9.11. The van der Waals surface area contributed by atoms with Gasteiger partial charge in [0.15, 0.2) is 0 Å². The van der Waals surface area contributed by atoms with Crippen LogP contribution >= 0.6 is 15.9 Å². The van der Waals surface area contributed by atoms with Crippen LogP contribution in [0.25, 0.3) is 0 Å². The molecule has 0 aromatic heterocycles. The molecule has 120 valence electrons. The third-order valence-corrected chi connectivity index (χ3v) is 7.70. The van der Waals surface area contributed by atoms with Crippen LogP contribution in [0, 0.1) is 6.92 Å². The van der Waals surface area contributed by atoms with Crippen LogP contribution in [0.15, 0.2) is 68.2 Å². The summed E-state index contributed by atoms with van der Waals surface area (Å²) in [4.78, 5) is 2.77. The van der Waals surface area contributed by atoms with Gasteiger partial charge in [0.2, 0.25) is 0 Å². The summed E-state index contributed by atoms with van der Waals surface area (Å²) in [5.74, 6) is 0. The van der Waals surface area contributed by atoms with Crippen molar-refractivity contribution in [1.82, 2.24) is 0 Å². The van der Waals surface area contributed by atoms with Gasteiger partial charge in [-0.25, -0.2) is 12.6 Å². The van der Waals surface area contributed by atoms with Gasteiger partial charge in [0, 0.05) is 4.91 Å². The van der Waals surface area contributed by atoms with Crippen molar-refractivity contribution in [1.29, 1.82) is 0 Å². The number of para-hydroxylation sites is 1. The first-order valence-corrected chi connectivity index (χ1v) is 10.3. The zero-order valence-electron chi connectivity index (χ0n) is 12.3. The van der Waals surface area contributed by atoms with Gasteiger partial charge < -0.3 is 0 Å². The van der Waals surface area contributed by atoms with Crippen molar-refractivity contribution in [3.8, 4) is 0 Å². The minimum absolute atomic E-state index is 0.0606.